The number of alkyl halides is 1. The number of hydrogen-bond donors (Lipinski definition) is 1. The highest BCUT2D eigenvalue weighted by molar-refractivity contribution is 5.79. The summed E-state index contributed by atoms with van der Waals surface area (Å²) >= 11 is 0. The van der Waals surface area contributed by atoms with E-state index in [0.717, 1.165) is 11.1 Å². The standard InChI is InChI=1S/C21H24FNO2/c1-16(18-11-6-3-7-12-18)23(15-17-9-4-2-5-10-17)19-13-8-14-21(19,22)20(24)25/h2-7,9-12,16,19H,8,13-15H2,1H3,(H,24,25)/t16?,19-,21-/m1/s1. The molecular weight excluding hydrogens is 317 g/mol. The van der Waals surface area contributed by atoms with E-state index in [1.807, 2.05) is 72.5 Å². The summed E-state index contributed by atoms with van der Waals surface area (Å²) in [5, 5.41) is 9.51. The number of nitrogens with zero attached hydrogens (tertiary/aromatic N) is 1. The van der Waals surface area contributed by atoms with Gasteiger partial charge in [0.1, 0.15) is 0 Å². The van der Waals surface area contributed by atoms with Crippen LogP contribution in [-0.4, -0.2) is 27.7 Å². The van der Waals surface area contributed by atoms with Crippen molar-refractivity contribution in [3.63, 3.8) is 0 Å². The molecule has 3 atom stereocenters. The van der Waals surface area contributed by atoms with Crippen molar-refractivity contribution in [2.45, 2.75) is 50.5 Å². The summed E-state index contributed by atoms with van der Waals surface area (Å²) in [5.41, 5.74) is -0.0549. The lowest BCUT2D eigenvalue weighted by Crippen LogP contribution is -2.51. The summed E-state index contributed by atoms with van der Waals surface area (Å²) in [6.45, 7) is 2.55. The van der Waals surface area contributed by atoms with Crippen LogP contribution in [0.4, 0.5) is 4.39 Å². The normalized spacial score (nSPS) is 24.4. The molecule has 4 heteroatoms. The summed E-state index contributed by atoms with van der Waals surface area (Å²) < 4.78 is 15.3. The number of aliphatic carboxylic acids is 1. The monoisotopic (exact) mass is 341 g/mol. The van der Waals surface area contributed by atoms with Gasteiger partial charge in [-0.05, 0) is 37.3 Å². The van der Waals surface area contributed by atoms with Crippen LogP contribution in [0.5, 0.6) is 0 Å². The largest absolute Gasteiger partial charge is 0.479 e. The van der Waals surface area contributed by atoms with Crippen LogP contribution in [0.1, 0.15) is 43.4 Å². The maximum absolute atomic E-state index is 15.3. The molecule has 0 spiro atoms. The number of hydrogen-bond acceptors (Lipinski definition) is 2. The lowest BCUT2D eigenvalue weighted by molar-refractivity contribution is -0.155. The lowest BCUT2D eigenvalue weighted by atomic mass is 9.94. The highest BCUT2D eigenvalue weighted by Crippen LogP contribution is 2.41. The maximum Gasteiger partial charge on any atom is 0.343 e. The molecule has 0 saturated heterocycles. The zero-order valence-electron chi connectivity index (χ0n) is 14.4. The van der Waals surface area contributed by atoms with E-state index in [9.17, 15) is 9.90 Å². The fourth-order valence-corrected chi connectivity index (χ4v) is 3.86. The first kappa shape index (κ1) is 17.6. The van der Waals surface area contributed by atoms with Crippen molar-refractivity contribution in [2.75, 3.05) is 0 Å². The molecule has 0 bridgehead atoms. The third-order valence-electron chi connectivity index (χ3n) is 5.29. The fourth-order valence-electron chi connectivity index (χ4n) is 3.86. The van der Waals surface area contributed by atoms with Crippen LogP contribution in [0.3, 0.4) is 0 Å². The Morgan fingerprint density at radius 2 is 1.80 bits per heavy atom. The summed E-state index contributed by atoms with van der Waals surface area (Å²) in [7, 11) is 0. The lowest BCUT2D eigenvalue weighted by Gasteiger charge is -2.39. The quantitative estimate of drug-likeness (QED) is 0.835. The van der Waals surface area contributed by atoms with Crippen molar-refractivity contribution < 1.29 is 14.3 Å². The van der Waals surface area contributed by atoms with E-state index in [0.29, 0.717) is 19.4 Å². The van der Waals surface area contributed by atoms with Gasteiger partial charge in [-0.25, -0.2) is 9.18 Å². The highest BCUT2D eigenvalue weighted by atomic mass is 19.1. The SMILES string of the molecule is CC(c1ccccc1)N(Cc1ccccc1)[C@@H]1CCC[C@]1(F)C(=O)O. The minimum Gasteiger partial charge on any atom is -0.479 e. The molecule has 1 fully saturated rings. The molecule has 0 heterocycles. The highest BCUT2D eigenvalue weighted by Gasteiger charge is 2.53. The molecule has 3 rings (SSSR count). The summed E-state index contributed by atoms with van der Waals surface area (Å²) in [5.74, 6) is -1.34. The summed E-state index contributed by atoms with van der Waals surface area (Å²) in [6.07, 6.45) is 1.24. The Kier molecular flexibility index (Phi) is 5.19. The van der Waals surface area contributed by atoms with E-state index in [-0.39, 0.29) is 12.5 Å². The molecule has 1 aliphatic carbocycles. The van der Waals surface area contributed by atoms with Crippen LogP contribution in [0.2, 0.25) is 0 Å². The molecule has 0 radical (unpaired) electrons. The van der Waals surface area contributed by atoms with Gasteiger partial charge in [-0.15, -0.1) is 0 Å². The van der Waals surface area contributed by atoms with Gasteiger partial charge in [-0.3, -0.25) is 4.90 Å². The summed E-state index contributed by atoms with van der Waals surface area (Å²) in [4.78, 5) is 13.7. The number of carboxylic acids is 1. The molecule has 0 aliphatic heterocycles. The second-order valence-electron chi connectivity index (χ2n) is 6.82. The van der Waals surface area contributed by atoms with E-state index in [4.69, 9.17) is 0 Å². The first-order valence-corrected chi connectivity index (χ1v) is 8.79. The predicted molar refractivity (Wildman–Crippen MR) is 96.0 cm³/mol. The van der Waals surface area contributed by atoms with Gasteiger partial charge in [0.25, 0.3) is 0 Å². The van der Waals surface area contributed by atoms with Crippen LogP contribution in [-0.2, 0) is 11.3 Å². The molecule has 3 nitrogen and oxygen atoms in total. The zero-order valence-corrected chi connectivity index (χ0v) is 14.4. The van der Waals surface area contributed by atoms with Gasteiger partial charge < -0.3 is 5.11 Å². The van der Waals surface area contributed by atoms with Crippen LogP contribution in [0.25, 0.3) is 0 Å². The summed E-state index contributed by atoms with van der Waals surface area (Å²) in [6, 6.07) is 19.0. The molecular formula is C21H24FNO2. The molecule has 0 aromatic heterocycles. The second-order valence-corrected chi connectivity index (χ2v) is 6.82. The van der Waals surface area contributed by atoms with Crippen molar-refractivity contribution in [1.82, 2.24) is 4.90 Å². The van der Waals surface area contributed by atoms with Crippen molar-refractivity contribution in [3.8, 4) is 0 Å². The number of rotatable bonds is 6. The Hall–Kier alpha value is -2.20. The molecule has 1 N–H and O–H groups in total. The smallest absolute Gasteiger partial charge is 0.343 e. The minimum atomic E-state index is -2.18. The first-order valence-electron chi connectivity index (χ1n) is 8.79. The topological polar surface area (TPSA) is 40.5 Å². The molecule has 2 aromatic rings. The van der Waals surface area contributed by atoms with E-state index < -0.39 is 17.7 Å². The molecule has 1 aliphatic rings. The molecule has 0 amide bonds. The fraction of sp³-hybridized carbons (Fsp3) is 0.381. The number of benzene rings is 2. The average Bonchev–Trinajstić information content (AvgIpc) is 3.04. The van der Waals surface area contributed by atoms with Crippen LogP contribution < -0.4 is 0 Å². The van der Waals surface area contributed by atoms with E-state index in [1.54, 1.807) is 0 Å². The van der Waals surface area contributed by atoms with E-state index in [2.05, 4.69) is 0 Å². The van der Waals surface area contributed by atoms with E-state index >= 15 is 4.39 Å². The average molecular weight is 341 g/mol. The van der Waals surface area contributed by atoms with E-state index in [1.165, 1.54) is 0 Å². The van der Waals surface area contributed by atoms with Gasteiger partial charge in [-0.1, -0.05) is 60.7 Å². The van der Waals surface area contributed by atoms with Crippen molar-refractivity contribution in [2.24, 2.45) is 0 Å². The number of carbonyl (C=O) groups is 1. The maximum atomic E-state index is 15.3. The van der Waals surface area contributed by atoms with Gasteiger partial charge in [0, 0.05) is 12.6 Å². The molecule has 1 saturated carbocycles. The third-order valence-corrected chi connectivity index (χ3v) is 5.29. The van der Waals surface area contributed by atoms with Crippen LogP contribution in [0, 0.1) is 0 Å². The van der Waals surface area contributed by atoms with Crippen molar-refractivity contribution >= 4 is 5.97 Å². The molecule has 25 heavy (non-hydrogen) atoms. The second kappa shape index (κ2) is 7.36. The van der Waals surface area contributed by atoms with Gasteiger partial charge >= 0.3 is 5.97 Å². The molecule has 1 unspecified atom stereocenters. The van der Waals surface area contributed by atoms with Gasteiger partial charge in [-0.2, -0.15) is 0 Å². The van der Waals surface area contributed by atoms with Crippen LogP contribution in [0.15, 0.2) is 60.7 Å². The number of halogens is 1. The molecule has 2 aromatic carbocycles. The van der Waals surface area contributed by atoms with Crippen molar-refractivity contribution in [3.05, 3.63) is 71.8 Å². The Balaban J connectivity index is 1.95. The third kappa shape index (κ3) is 3.59. The zero-order chi connectivity index (χ0) is 17.9. The van der Waals surface area contributed by atoms with Crippen molar-refractivity contribution in [1.29, 1.82) is 0 Å². The Morgan fingerprint density at radius 1 is 1.20 bits per heavy atom. The van der Waals surface area contributed by atoms with Gasteiger partial charge in [0.05, 0.1) is 6.04 Å². The van der Waals surface area contributed by atoms with Gasteiger partial charge in [0.15, 0.2) is 0 Å². The molecule has 132 valence electrons. The Bertz CT molecular complexity index is 706. The van der Waals surface area contributed by atoms with Gasteiger partial charge in [0.2, 0.25) is 5.67 Å². The predicted octanol–water partition coefficient (Wildman–Crippen LogP) is 4.60. The Morgan fingerprint density at radius 3 is 2.40 bits per heavy atom. The minimum absolute atomic E-state index is 0.0704. The van der Waals surface area contributed by atoms with Crippen LogP contribution >= 0.6 is 0 Å². The first-order chi connectivity index (χ1) is 12.0. The Labute approximate surface area is 148 Å². The number of carboxylic acid groups (broad SMARTS) is 1.